The average molecular weight is 471 g/mol. The van der Waals surface area contributed by atoms with Crippen LogP contribution >= 0.6 is 11.3 Å². The molecule has 8 heteroatoms. The number of carbonyl (C=O) groups is 3. The zero-order valence-corrected chi connectivity index (χ0v) is 20.9. The highest BCUT2D eigenvalue weighted by Gasteiger charge is 2.55. The van der Waals surface area contributed by atoms with Crippen molar-refractivity contribution in [2.24, 2.45) is 17.3 Å². The quantitative estimate of drug-likeness (QED) is 0.614. The summed E-state index contributed by atoms with van der Waals surface area (Å²) >= 11 is 1.47. The van der Waals surface area contributed by atoms with Crippen LogP contribution in [0, 0.1) is 28.6 Å². The number of carbonyl (C=O) groups excluding carboxylic acids is 3. The van der Waals surface area contributed by atoms with Gasteiger partial charge >= 0.3 is 6.03 Å². The molecule has 178 valence electrons. The third kappa shape index (κ3) is 4.05. The van der Waals surface area contributed by atoms with Gasteiger partial charge in [0.1, 0.15) is 23.2 Å². The van der Waals surface area contributed by atoms with Crippen molar-refractivity contribution in [1.29, 1.82) is 5.26 Å². The van der Waals surface area contributed by atoms with E-state index in [0.29, 0.717) is 22.9 Å². The predicted molar refractivity (Wildman–Crippen MR) is 128 cm³/mol. The summed E-state index contributed by atoms with van der Waals surface area (Å²) in [5.41, 5.74) is 0.932. The normalized spacial score (nSPS) is 27.3. The van der Waals surface area contributed by atoms with Crippen LogP contribution in [0.2, 0.25) is 0 Å². The summed E-state index contributed by atoms with van der Waals surface area (Å²) in [4.78, 5) is 40.8. The number of imide groups is 1. The molecule has 1 saturated carbocycles. The van der Waals surface area contributed by atoms with E-state index in [1.807, 2.05) is 6.92 Å². The lowest BCUT2D eigenvalue weighted by atomic mass is 9.69. The number of thiophene rings is 1. The smallest absolute Gasteiger partial charge is 0.323 e. The molecule has 1 spiro atoms. The molecule has 0 aromatic carbocycles. The van der Waals surface area contributed by atoms with Gasteiger partial charge in [-0.3, -0.25) is 14.5 Å². The number of hydrogen-bond acceptors (Lipinski definition) is 5. The van der Waals surface area contributed by atoms with E-state index in [0.717, 1.165) is 55.4 Å². The molecule has 2 heterocycles. The fourth-order valence-electron chi connectivity index (χ4n) is 5.70. The minimum absolute atomic E-state index is 0.0466. The summed E-state index contributed by atoms with van der Waals surface area (Å²) in [6.07, 6.45) is 7.32. The Morgan fingerprint density at radius 2 is 2.09 bits per heavy atom. The second-order valence-corrected chi connectivity index (χ2v) is 11.7. The van der Waals surface area contributed by atoms with E-state index >= 15 is 0 Å². The topological polar surface area (TPSA) is 102 Å². The molecule has 4 amide bonds. The highest BCUT2D eigenvalue weighted by Crippen LogP contribution is 2.45. The molecule has 7 nitrogen and oxygen atoms in total. The zero-order valence-electron chi connectivity index (χ0n) is 20.0. The standard InChI is InChI=1S/C25H34N4O3S/c1-5-24(3,4)16-9-10-17-18(13-26)21(33-19(17)12-16)27-20(30)14-29-22(31)25(28-23(29)32)11-7-6-8-15(25)2/h15-16H,5-12,14H2,1-4H3,(H,27,30)(H,28,32)/t15-,16-,25-/m1/s1. The number of hydrogen-bond donors (Lipinski definition) is 2. The van der Waals surface area contributed by atoms with Gasteiger partial charge in [0.25, 0.3) is 5.91 Å². The number of nitrogens with zero attached hydrogens (tertiary/aromatic N) is 2. The molecule has 3 atom stereocenters. The van der Waals surface area contributed by atoms with Gasteiger partial charge in [0.05, 0.1) is 5.56 Å². The summed E-state index contributed by atoms with van der Waals surface area (Å²) < 4.78 is 0. The predicted octanol–water partition coefficient (Wildman–Crippen LogP) is 4.60. The van der Waals surface area contributed by atoms with Crippen molar-refractivity contribution in [3.63, 3.8) is 0 Å². The zero-order chi connectivity index (χ0) is 24.0. The fourth-order valence-corrected chi connectivity index (χ4v) is 6.99. The average Bonchev–Trinajstić information content (AvgIpc) is 3.24. The molecule has 2 fully saturated rings. The summed E-state index contributed by atoms with van der Waals surface area (Å²) in [6, 6.07) is 1.78. The molecule has 2 N–H and O–H groups in total. The van der Waals surface area contributed by atoms with Crippen LogP contribution in [0.15, 0.2) is 0 Å². The third-order valence-corrected chi connectivity index (χ3v) is 9.62. The van der Waals surface area contributed by atoms with E-state index in [1.54, 1.807) is 0 Å². The highest BCUT2D eigenvalue weighted by molar-refractivity contribution is 7.16. The molecule has 3 aliphatic rings. The van der Waals surface area contributed by atoms with Crippen LogP contribution in [0.3, 0.4) is 0 Å². The molecule has 1 aromatic rings. The Morgan fingerprint density at radius 3 is 2.76 bits per heavy atom. The fraction of sp³-hybridized carbons (Fsp3) is 0.680. The maximum atomic E-state index is 13.1. The van der Waals surface area contributed by atoms with Crippen molar-refractivity contribution in [1.82, 2.24) is 10.2 Å². The lowest BCUT2D eigenvalue weighted by Gasteiger charge is -2.36. The van der Waals surface area contributed by atoms with Gasteiger partial charge in [-0.25, -0.2) is 4.79 Å². The van der Waals surface area contributed by atoms with Gasteiger partial charge in [0.15, 0.2) is 0 Å². The molecule has 33 heavy (non-hydrogen) atoms. The lowest BCUT2D eigenvalue weighted by molar-refractivity contribution is -0.136. The molecule has 1 saturated heterocycles. The first-order chi connectivity index (χ1) is 15.6. The molecule has 0 unspecified atom stereocenters. The lowest BCUT2D eigenvalue weighted by Crippen LogP contribution is -2.54. The Bertz CT molecular complexity index is 1020. The minimum atomic E-state index is -0.878. The van der Waals surface area contributed by atoms with Crippen molar-refractivity contribution in [2.75, 3.05) is 11.9 Å². The summed E-state index contributed by atoms with van der Waals surface area (Å²) in [7, 11) is 0. The Hall–Kier alpha value is -2.40. The van der Waals surface area contributed by atoms with Crippen LogP contribution in [-0.2, 0) is 22.4 Å². The van der Waals surface area contributed by atoms with Crippen molar-refractivity contribution < 1.29 is 14.4 Å². The highest BCUT2D eigenvalue weighted by atomic mass is 32.1. The Morgan fingerprint density at radius 1 is 1.33 bits per heavy atom. The van der Waals surface area contributed by atoms with E-state index < -0.39 is 17.5 Å². The molecule has 0 radical (unpaired) electrons. The van der Waals surface area contributed by atoms with Gasteiger partial charge in [-0.1, -0.05) is 47.0 Å². The number of nitrogens with one attached hydrogen (secondary N) is 2. The molecular formula is C25H34N4O3S. The largest absolute Gasteiger partial charge is 0.325 e. The Balaban J connectivity index is 1.48. The SMILES string of the molecule is CCC(C)(C)[C@@H]1CCc2c(sc(NC(=O)CN3C(=O)N[C@@]4(CCCC[C@H]4C)C3=O)c2C#N)C1. The first kappa shape index (κ1) is 23.7. The van der Waals surface area contributed by atoms with Crippen LogP contribution in [0.5, 0.6) is 0 Å². The second kappa shape index (κ2) is 8.75. The third-order valence-electron chi connectivity index (χ3n) is 8.45. The summed E-state index contributed by atoms with van der Waals surface area (Å²) in [5.74, 6) is -0.154. The first-order valence-corrected chi connectivity index (χ1v) is 12.9. The van der Waals surface area contributed by atoms with Gasteiger partial charge in [0, 0.05) is 4.88 Å². The van der Waals surface area contributed by atoms with Crippen molar-refractivity contribution in [2.45, 2.75) is 84.6 Å². The van der Waals surface area contributed by atoms with Gasteiger partial charge in [0.2, 0.25) is 5.91 Å². The van der Waals surface area contributed by atoms with Crippen LogP contribution < -0.4 is 10.6 Å². The van der Waals surface area contributed by atoms with Gasteiger partial charge in [-0.2, -0.15) is 5.26 Å². The molecule has 0 bridgehead atoms. The van der Waals surface area contributed by atoms with Crippen LogP contribution in [-0.4, -0.2) is 34.8 Å². The molecule has 4 rings (SSSR count). The molecular weight excluding hydrogens is 436 g/mol. The number of fused-ring (bicyclic) bond motifs is 1. The number of nitriles is 1. The number of urea groups is 1. The van der Waals surface area contributed by atoms with E-state index in [-0.39, 0.29) is 23.8 Å². The van der Waals surface area contributed by atoms with Gasteiger partial charge in [-0.05, 0) is 54.9 Å². The van der Waals surface area contributed by atoms with Gasteiger partial charge in [-0.15, -0.1) is 11.3 Å². The number of anilines is 1. The van der Waals surface area contributed by atoms with Crippen LogP contribution in [0.4, 0.5) is 9.80 Å². The van der Waals surface area contributed by atoms with Crippen molar-refractivity contribution in [3.8, 4) is 6.07 Å². The van der Waals surface area contributed by atoms with E-state index in [1.165, 1.54) is 16.2 Å². The summed E-state index contributed by atoms with van der Waals surface area (Å²) in [6.45, 7) is 8.45. The molecule has 1 aromatic heterocycles. The van der Waals surface area contributed by atoms with Crippen LogP contribution in [0.25, 0.3) is 0 Å². The molecule has 1 aliphatic heterocycles. The second-order valence-electron chi connectivity index (χ2n) is 10.6. The monoisotopic (exact) mass is 470 g/mol. The van der Waals surface area contributed by atoms with E-state index in [2.05, 4.69) is 37.5 Å². The van der Waals surface area contributed by atoms with Crippen molar-refractivity contribution in [3.05, 3.63) is 16.0 Å². The minimum Gasteiger partial charge on any atom is -0.323 e. The maximum Gasteiger partial charge on any atom is 0.325 e. The maximum absolute atomic E-state index is 13.1. The number of amides is 4. The van der Waals surface area contributed by atoms with E-state index in [9.17, 15) is 19.6 Å². The van der Waals surface area contributed by atoms with Crippen molar-refractivity contribution >= 4 is 34.2 Å². The summed E-state index contributed by atoms with van der Waals surface area (Å²) in [5, 5.41) is 16.0. The van der Waals surface area contributed by atoms with Gasteiger partial charge < -0.3 is 10.6 Å². The van der Waals surface area contributed by atoms with Crippen LogP contribution in [0.1, 0.15) is 82.2 Å². The Labute approximate surface area is 199 Å². The first-order valence-electron chi connectivity index (χ1n) is 12.1. The van der Waals surface area contributed by atoms with E-state index in [4.69, 9.17) is 0 Å². The Kier molecular flexibility index (Phi) is 6.30. The number of rotatable bonds is 5. The molecule has 2 aliphatic carbocycles.